The minimum absolute atomic E-state index is 0.0601. The first-order valence-electron chi connectivity index (χ1n) is 10.9. The second kappa shape index (κ2) is 11.8. The smallest absolute Gasteiger partial charge is 0.428 e. The van der Waals surface area contributed by atoms with E-state index in [4.69, 9.17) is 16.9 Å². The van der Waals surface area contributed by atoms with Crippen LogP contribution in [0.25, 0.3) is 0 Å². The zero-order chi connectivity index (χ0) is 28.8. The molecule has 0 saturated heterocycles. The topological polar surface area (TPSA) is 87.0 Å². The Hall–Kier alpha value is -4.05. The van der Waals surface area contributed by atoms with Gasteiger partial charge in [-0.05, 0) is 35.4 Å². The first kappa shape index (κ1) is 29.5. The van der Waals surface area contributed by atoms with Crippen LogP contribution >= 0.6 is 11.6 Å². The summed E-state index contributed by atoms with van der Waals surface area (Å²) in [6.07, 6.45) is -8.35. The van der Waals surface area contributed by atoms with Gasteiger partial charge in [0.1, 0.15) is 23.2 Å². The highest BCUT2D eigenvalue weighted by atomic mass is 35.5. The summed E-state index contributed by atoms with van der Waals surface area (Å²) in [6.45, 7) is -1.40. The second-order valence-electron chi connectivity index (χ2n) is 8.19. The molecule has 39 heavy (non-hydrogen) atoms. The Balaban J connectivity index is 2.21. The fourth-order valence-corrected chi connectivity index (χ4v) is 3.70. The molecule has 2 amide bonds. The maximum atomic E-state index is 14.7. The first-order valence-corrected chi connectivity index (χ1v) is 11.3. The maximum absolute atomic E-state index is 14.7. The van der Waals surface area contributed by atoms with Crippen molar-refractivity contribution in [3.63, 3.8) is 0 Å². The monoisotopic (exact) mass is 574 g/mol. The number of alkyl halides is 6. The molecule has 1 atom stereocenters. The predicted octanol–water partition coefficient (Wildman–Crippen LogP) is 6.06. The van der Waals surface area contributed by atoms with Crippen molar-refractivity contribution in [3.8, 4) is 11.8 Å². The van der Waals surface area contributed by atoms with Crippen molar-refractivity contribution in [2.24, 2.45) is 0 Å². The minimum atomic E-state index is -4.99. The summed E-state index contributed by atoms with van der Waals surface area (Å²) in [5.74, 6) is -6.16. The minimum Gasteiger partial charge on any atom is -0.428 e. The van der Waals surface area contributed by atoms with Gasteiger partial charge in [-0.3, -0.25) is 4.98 Å². The standard InChI is InChI=1S/C25H18ClF7N4O2/c26-17-6-7-20(35-12-17)24(11-15-4-2-1-3-5-15,37-22(38)36-14-23(30,31)13-34)16-8-18(27)10-19(9-16)39-25(32,33)21(28)29/h1-10,12,21H,11,14H2,(H2,36,37,38). The molecule has 2 aromatic carbocycles. The molecule has 3 rings (SSSR count). The summed E-state index contributed by atoms with van der Waals surface area (Å²) in [5.41, 5.74) is -1.89. The van der Waals surface area contributed by atoms with Crippen LogP contribution in [0.5, 0.6) is 5.75 Å². The number of carbonyl (C=O) groups excluding carboxylic acids is 1. The highest BCUT2D eigenvalue weighted by Gasteiger charge is 2.45. The number of ether oxygens (including phenoxy) is 1. The van der Waals surface area contributed by atoms with E-state index < -0.39 is 48.1 Å². The third-order valence-electron chi connectivity index (χ3n) is 5.31. The van der Waals surface area contributed by atoms with Crippen LogP contribution in [-0.4, -0.2) is 36.0 Å². The van der Waals surface area contributed by atoms with Gasteiger partial charge in [0, 0.05) is 18.7 Å². The van der Waals surface area contributed by atoms with Gasteiger partial charge in [-0.15, -0.1) is 0 Å². The van der Waals surface area contributed by atoms with Gasteiger partial charge in [-0.25, -0.2) is 9.18 Å². The van der Waals surface area contributed by atoms with E-state index in [1.807, 2.05) is 5.32 Å². The van der Waals surface area contributed by atoms with E-state index in [2.05, 4.69) is 15.0 Å². The molecule has 206 valence electrons. The van der Waals surface area contributed by atoms with Crippen molar-refractivity contribution < 1.29 is 40.3 Å². The molecule has 0 saturated carbocycles. The Morgan fingerprint density at radius 1 is 1.08 bits per heavy atom. The molecule has 1 aromatic heterocycles. The van der Waals surface area contributed by atoms with E-state index >= 15 is 0 Å². The first-order chi connectivity index (χ1) is 18.3. The highest BCUT2D eigenvalue weighted by Crippen LogP contribution is 2.37. The molecule has 1 unspecified atom stereocenters. The van der Waals surface area contributed by atoms with Crippen LogP contribution in [0.4, 0.5) is 35.5 Å². The molecule has 2 N–H and O–H groups in total. The van der Waals surface area contributed by atoms with Gasteiger partial charge in [0.15, 0.2) is 0 Å². The van der Waals surface area contributed by atoms with Gasteiger partial charge in [-0.2, -0.15) is 31.6 Å². The van der Waals surface area contributed by atoms with Crippen LogP contribution in [0, 0.1) is 17.1 Å². The van der Waals surface area contributed by atoms with Crippen LogP contribution in [-0.2, 0) is 12.0 Å². The summed E-state index contributed by atoms with van der Waals surface area (Å²) < 4.78 is 98.6. The summed E-state index contributed by atoms with van der Waals surface area (Å²) in [5, 5.41) is 12.9. The number of amides is 2. The molecule has 14 heteroatoms. The molecule has 0 aliphatic heterocycles. The van der Waals surface area contributed by atoms with Crippen molar-refractivity contribution in [3.05, 3.63) is 94.5 Å². The lowest BCUT2D eigenvalue weighted by molar-refractivity contribution is -0.253. The molecule has 0 bridgehead atoms. The number of nitrogens with zero attached hydrogens (tertiary/aromatic N) is 2. The third-order valence-corrected chi connectivity index (χ3v) is 5.53. The molecule has 0 aliphatic rings. The number of carbonyl (C=O) groups is 1. The van der Waals surface area contributed by atoms with E-state index in [-0.39, 0.29) is 22.7 Å². The van der Waals surface area contributed by atoms with Gasteiger partial charge in [0.05, 0.1) is 17.3 Å². The van der Waals surface area contributed by atoms with E-state index in [1.54, 1.807) is 30.3 Å². The maximum Gasteiger partial charge on any atom is 0.461 e. The number of hydrogen-bond acceptors (Lipinski definition) is 4. The van der Waals surface area contributed by atoms with E-state index in [9.17, 15) is 35.5 Å². The quantitative estimate of drug-likeness (QED) is 0.288. The van der Waals surface area contributed by atoms with Gasteiger partial charge >= 0.3 is 24.5 Å². The SMILES string of the molecule is N#CC(F)(F)CNC(=O)NC(Cc1ccccc1)(c1cc(F)cc(OC(F)(F)C(F)F)c1)c1ccc(Cl)cn1. The molecule has 0 aliphatic carbocycles. The van der Waals surface area contributed by atoms with Crippen LogP contribution in [0.2, 0.25) is 5.02 Å². The number of urea groups is 1. The average molecular weight is 575 g/mol. The van der Waals surface area contributed by atoms with Gasteiger partial charge < -0.3 is 15.4 Å². The molecular weight excluding hydrogens is 557 g/mol. The third kappa shape index (κ3) is 7.51. The summed E-state index contributed by atoms with van der Waals surface area (Å²) in [6, 6.07) is 12.2. The number of nitrogens with one attached hydrogen (secondary N) is 2. The Kier molecular flexibility index (Phi) is 8.91. The highest BCUT2D eigenvalue weighted by molar-refractivity contribution is 6.30. The van der Waals surface area contributed by atoms with E-state index in [1.165, 1.54) is 12.1 Å². The number of pyridine rings is 1. The Morgan fingerprint density at radius 3 is 2.36 bits per heavy atom. The van der Waals surface area contributed by atoms with Crippen molar-refractivity contribution in [1.29, 1.82) is 5.26 Å². The van der Waals surface area contributed by atoms with Crippen LogP contribution in [0.1, 0.15) is 16.8 Å². The normalized spacial score (nSPS) is 13.3. The Morgan fingerprint density at radius 2 is 1.77 bits per heavy atom. The van der Waals surface area contributed by atoms with Gasteiger partial charge in [-0.1, -0.05) is 41.9 Å². The lowest BCUT2D eigenvalue weighted by Crippen LogP contribution is -2.54. The summed E-state index contributed by atoms with van der Waals surface area (Å²) in [4.78, 5) is 17.0. The number of nitriles is 1. The Bertz CT molecular complexity index is 1340. The number of benzene rings is 2. The number of hydrogen-bond donors (Lipinski definition) is 2. The lowest BCUT2D eigenvalue weighted by Gasteiger charge is -2.36. The second-order valence-corrected chi connectivity index (χ2v) is 8.63. The van der Waals surface area contributed by atoms with Crippen LogP contribution < -0.4 is 15.4 Å². The fourth-order valence-electron chi connectivity index (χ4n) is 3.59. The van der Waals surface area contributed by atoms with E-state index in [0.29, 0.717) is 17.7 Å². The number of halogens is 8. The van der Waals surface area contributed by atoms with Crippen molar-refractivity contribution in [2.75, 3.05) is 6.54 Å². The van der Waals surface area contributed by atoms with Crippen molar-refractivity contribution in [1.82, 2.24) is 15.6 Å². The average Bonchev–Trinajstić information content (AvgIpc) is 2.87. The van der Waals surface area contributed by atoms with Crippen LogP contribution in [0.15, 0.2) is 66.9 Å². The molecular formula is C25H18ClF7N4O2. The molecule has 1 heterocycles. The molecule has 0 spiro atoms. The molecule has 3 aromatic rings. The zero-order valence-electron chi connectivity index (χ0n) is 19.6. The number of rotatable bonds is 10. The van der Waals surface area contributed by atoms with Gasteiger partial charge in [0.2, 0.25) is 0 Å². The zero-order valence-corrected chi connectivity index (χ0v) is 20.3. The molecule has 0 fully saturated rings. The van der Waals surface area contributed by atoms with Crippen LogP contribution in [0.3, 0.4) is 0 Å². The lowest BCUT2D eigenvalue weighted by atomic mass is 9.80. The van der Waals surface area contributed by atoms with Crippen molar-refractivity contribution in [2.45, 2.75) is 30.4 Å². The predicted molar refractivity (Wildman–Crippen MR) is 125 cm³/mol. The number of aromatic nitrogens is 1. The molecule has 0 radical (unpaired) electrons. The van der Waals surface area contributed by atoms with Gasteiger partial charge in [0.25, 0.3) is 0 Å². The Labute approximate surface area is 222 Å². The molecule has 6 nitrogen and oxygen atoms in total. The summed E-state index contributed by atoms with van der Waals surface area (Å²) >= 11 is 5.93. The summed E-state index contributed by atoms with van der Waals surface area (Å²) in [7, 11) is 0. The van der Waals surface area contributed by atoms with Crippen molar-refractivity contribution >= 4 is 17.6 Å². The van der Waals surface area contributed by atoms with E-state index in [0.717, 1.165) is 18.3 Å². The fraction of sp³-hybridized carbons (Fsp3) is 0.240. The largest absolute Gasteiger partial charge is 0.461 e.